The molecule has 0 aromatic carbocycles. The lowest BCUT2D eigenvalue weighted by atomic mass is 9.77. The molecule has 2 aliphatic heterocycles. The van der Waals surface area contributed by atoms with Crippen molar-refractivity contribution in [3.8, 4) is 0 Å². The summed E-state index contributed by atoms with van der Waals surface area (Å²) in [4.78, 5) is 2.72. The van der Waals surface area contributed by atoms with Gasteiger partial charge in [-0.25, -0.2) is 0 Å². The van der Waals surface area contributed by atoms with Gasteiger partial charge in [0.1, 0.15) is 0 Å². The zero-order chi connectivity index (χ0) is 13.8. The predicted molar refractivity (Wildman–Crippen MR) is 80.8 cm³/mol. The van der Waals surface area contributed by atoms with Crippen molar-refractivity contribution >= 4 is 0 Å². The molecule has 3 nitrogen and oxygen atoms in total. The maximum atomic E-state index is 9.18. The van der Waals surface area contributed by atoms with E-state index < -0.39 is 0 Å². The SMILES string of the molecule is OCCC1CCCN(C2CCOC3(CCCCC3)C2)C1. The number of likely N-dealkylation sites (tertiary alicyclic amines) is 1. The van der Waals surface area contributed by atoms with Crippen molar-refractivity contribution in [2.45, 2.75) is 75.9 Å². The molecule has 0 radical (unpaired) electrons. The van der Waals surface area contributed by atoms with E-state index >= 15 is 0 Å². The summed E-state index contributed by atoms with van der Waals surface area (Å²) in [6.07, 6.45) is 12.8. The third kappa shape index (κ3) is 3.37. The van der Waals surface area contributed by atoms with E-state index in [2.05, 4.69) is 4.90 Å². The number of hydrogen-bond acceptors (Lipinski definition) is 3. The Morgan fingerprint density at radius 2 is 1.95 bits per heavy atom. The molecule has 2 unspecified atom stereocenters. The minimum Gasteiger partial charge on any atom is -0.396 e. The summed E-state index contributed by atoms with van der Waals surface area (Å²) in [5.41, 5.74) is 0.227. The summed E-state index contributed by atoms with van der Waals surface area (Å²) < 4.78 is 6.24. The van der Waals surface area contributed by atoms with Crippen LogP contribution < -0.4 is 0 Å². The van der Waals surface area contributed by atoms with Crippen LogP contribution in [0.1, 0.15) is 64.2 Å². The quantitative estimate of drug-likeness (QED) is 0.863. The number of nitrogens with zero attached hydrogens (tertiary/aromatic N) is 1. The van der Waals surface area contributed by atoms with Gasteiger partial charge in [-0.2, -0.15) is 0 Å². The molecule has 1 N–H and O–H groups in total. The van der Waals surface area contributed by atoms with Crippen LogP contribution in [-0.4, -0.2) is 48.0 Å². The molecule has 2 saturated heterocycles. The first-order valence-corrected chi connectivity index (χ1v) is 8.80. The number of aliphatic hydroxyl groups is 1. The lowest BCUT2D eigenvalue weighted by molar-refractivity contribution is -0.127. The van der Waals surface area contributed by atoms with Crippen molar-refractivity contribution in [2.24, 2.45) is 5.92 Å². The van der Waals surface area contributed by atoms with Crippen LogP contribution in [0.25, 0.3) is 0 Å². The average molecular weight is 281 g/mol. The fraction of sp³-hybridized carbons (Fsp3) is 1.00. The van der Waals surface area contributed by atoms with Gasteiger partial charge in [-0.15, -0.1) is 0 Å². The van der Waals surface area contributed by atoms with Crippen LogP contribution >= 0.6 is 0 Å². The largest absolute Gasteiger partial charge is 0.396 e. The highest BCUT2D eigenvalue weighted by molar-refractivity contribution is 4.93. The highest BCUT2D eigenvalue weighted by atomic mass is 16.5. The first kappa shape index (κ1) is 14.8. The second kappa shape index (κ2) is 6.76. The molecule has 116 valence electrons. The van der Waals surface area contributed by atoms with Crippen LogP contribution in [0.2, 0.25) is 0 Å². The molecule has 1 saturated carbocycles. The van der Waals surface area contributed by atoms with Gasteiger partial charge in [0, 0.05) is 25.8 Å². The summed E-state index contributed by atoms with van der Waals surface area (Å²) in [7, 11) is 0. The zero-order valence-corrected chi connectivity index (χ0v) is 12.9. The Balaban J connectivity index is 1.58. The molecule has 3 fully saturated rings. The Bertz CT molecular complexity index is 294. The molecular formula is C17H31NO2. The van der Waals surface area contributed by atoms with Gasteiger partial charge in [0.2, 0.25) is 0 Å². The van der Waals surface area contributed by atoms with E-state index in [0.717, 1.165) is 25.0 Å². The third-order valence-corrected chi connectivity index (χ3v) is 5.84. The smallest absolute Gasteiger partial charge is 0.0697 e. The molecule has 3 aliphatic rings. The van der Waals surface area contributed by atoms with Gasteiger partial charge >= 0.3 is 0 Å². The van der Waals surface area contributed by atoms with Gasteiger partial charge in [-0.1, -0.05) is 19.3 Å². The Morgan fingerprint density at radius 1 is 1.10 bits per heavy atom. The van der Waals surface area contributed by atoms with Crippen LogP contribution in [0, 0.1) is 5.92 Å². The minimum absolute atomic E-state index is 0.227. The molecule has 2 heterocycles. The summed E-state index contributed by atoms with van der Waals surface area (Å²) in [5.74, 6) is 0.721. The first-order valence-electron chi connectivity index (χ1n) is 8.80. The molecule has 0 aromatic heterocycles. The number of piperidine rings is 1. The van der Waals surface area contributed by atoms with Gasteiger partial charge in [-0.05, 0) is 57.4 Å². The van der Waals surface area contributed by atoms with Gasteiger partial charge in [0.25, 0.3) is 0 Å². The number of aliphatic hydroxyl groups excluding tert-OH is 1. The van der Waals surface area contributed by atoms with Gasteiger partial charge in [0.05, 0.1) is 5.60 Å². The molecule has 1 aliphatic carbocycles. The molecule has 3 rings (SSSR count). The fourth-order valence-electron chi connectivity index (χ4n) is 4.71. The topological polar surface area (TPSA) is 32.7 Å². The maximum Gasteiger partial charge on any atom is 0.0697 e. The Hall–Kier alpha value is -0.120. The lowest BCUT2D eigenvalue weighted by Crippen LogP contribution is -2.52. The monoisotopic (exact) mass is 281 g/mol. The van der Waals surface area contributed by atoms with E-state index in [0.29, 0.717) is 6.61 Å². The fourth-order valence-corrected chi connectivity index (χ4v) is 4.71. The standard InChI is InChI=1S/C17H31NO2/c19-11-6-15-5-4-10-18(14-15)16-7-12-20-17(13-16)8-2-1-3-9-17/h15-16,19H,1-14H2. The van der Waals surface area contributed by atoms with E-state index in [4.69, 9.17) is 4.74 Å². The van der Waals surface area contributed by atoms with Crippen LogP contribution in [0.15, 0.2) is 0 Å². The van der Waals surface area contributed by atoms with Crippen LogP contribution in [0.5, 0.6) is 0 Å². The number of ether oxygens (including phenoxy) is 1. The molecular weight excluding hydrogens is 250 g/mol. The summed E-state index contributed by atoms with van der Waals surface area (Å²) in [6, 6.07) is 0.739. The van der Waals surface area contributed by atoms with Crippen molar-refractivity contribution in [1.29, 1.82) is 0 Å². The molecule has 3 heteroatoms. The van der Waals surface area contributed by atoms with E-state index in [1.165, 1.54) is 70.9 Å². The molecule has 1 spiro atoms. The van der Waals surface area contributed by atoms with E-state index in [1.54, 1.807) is 0 Å². The van der Waals surface area contributed by atoms with E-state index in [1.807, 2.05) is 0 Å². The maximum absolute atomic E-state index is 9.18. The van der Waals surface area contributed by atoms with Crippen LogP contribution in [-0.2, 0) is 4.74 Å². The van der Waals surface area contributed by atoms with Crippen molar-refractivity contribution in [2.75, 3.05) is 26.3 Å². The Morgan fingerprint density at radius 3 is 2.75 bits per heavy atom. The summed E-state index contributed by atoms with van der Waals surface area (Å²) >= 11 is 0. The second-order valence-corrected chi connectivity index (χ2v) is 7.25. The molecule has 2 atom stereocenters. The van der Waals surface area contributed by atoms with Crippen molar-refractivity contribution in [3.05, 3.63) is 0 Å². The summed E-state index contributed by atoms with van der Waals surface area (Å²) in [6.45, 7) is 3.80. The summed E-state index contributed by atoms with van der Waals surface area (Å²) in [5, 5.41) is 9.18. The normalized spacial score (nSPS) is 35.2. The third-order valence-electron chi connectivity index (χ3n) is 5.84. The van der Waals surface area contributed by atoms with E-state index in [9.17, 15) is 5.11 Å². The molecule has 0 aromatic rings. The zero-order valence-electron chi connectivity index (χ0n) is 12.9. The van der Waals surface area contributed by atoms with Crippen molar-refractivity contribution < 1.29 is 9.84 Å². The highest BCUT2D eigenvalue weighted by Gasteiger charge is 2.40. The predicted octanol–water partition coefficient (Wildman–Crippen LogP) is 2.96. The highest BCUT2D eigenvalue weighted by Crippen LogP contribution is 2.40. The molecule has 0 amide bonds. The van der Waals surface area contributed by atoms with Crippen LogP contribution in [0.3, 0.4) is 0 Å². The van der Waals surface area contributed by atoms with Crippen LogP contribution in [0.4, 0.5) is 0 Å². The second-order valence-electron chi connectivity index (χ2n) is 7.25. The Labute approximate surface area is 123 Å². The molecule has 0 bridgehead atoms. The number of rotatable bonds is 3. The average Bonchev–Trinajstić information content (AvgIpc) is 2.49. The van der Waals surface area contributed by atoms with E-state index in [-0.39, 0.29) is 5.60 Å². The van der Waals surface area contributed by atoms with Gasteiger partial charge < -0.3 is 9.84 Å². The number of hydrogen-bond donors (Lipinski definition) is 1. The first-order chi connectivity index (χ1) is 9.81. The Kier molecular flexibility index (Phi) is 5.00. The lowest BCUT2D eigenvalue weighted by Gasteiger charge is -2.48. The van der Waals surface area contributed by atoms with Gasteiger partial charge in [0.15, 0.2) is 0 Å². The molecule has 20 heavy (non-hydrogen) atoms. The minimum atomic E-state index is 0.227. The van der Waals surface area contributed by atoms with Crippen molar-refractivity contribution in [1.82, 2.24) is 4.90 Å². The van der Waals surface area contributed by atoms with Crippen molar-refractivity contribution in [3.63, 3.8) is 0 Å². The van der Waals surface area contributed by atoms with Gasteiger partial charge in [-0.3, -0.25) is 4.90 Å².